The first-order valence-electron chi connectivity index (χ1n) is 8.44. The average Bonchev–Trinajstić information content (AvgIpc) is 2.70. The van der Waals surface area contributed by atoms with E-state index in [1.54, 1.807) is 0 Å². The number of rotatable bonds is 7. The van der Waals surface area contributed by atoms with Gasteiger partial charge >= 0.3 is 11.9 Å². The van der Waals surface area contributed by atoms with Crippen LogP contribution in [0.15, 0.2) is 30.3 Å². The van der Waals surface area contributed by atoms with Crippen LogP contribution in [-0.2, 0) is 12.7 Å². The molecule has 0 spiro atoms. The summed E-state index contributed by atoms with van der Waals surface area (Å²) in [6, 6.07) is 5.42. The molecule has 1 amide bonds. The van der Waals surface area contributed by atoms with Gasteiger partial charge in [0.15, 0.2) is 5.75 Å². The fourth-order valence-corrected chi connectivity index (χ4v) is 2.84. The largest absolute Gasteiger partial charge is 0.493 e. The van der Waals surface area contributed by atoms with Crippen LogP contribution in [0.25, 0.3) is 0 Å². The summed E-state index contributed by atoms with van der Waals surface area (Å²) < 4.78 is 53.4. The number of hydrogen-bond donors (Lipinski definition) is 0. The minimum Gasteiger partial charge on any atom is -0.493 e. The summed E-state index contributed by atoms with van der Waals surface area (Å²) in [6.45, 7) is -0.0786. The number of nitro benzene ring substituents is 1. The molecule has 0 aromatic heterocycles. The molecule has 0 aliphatic rings. The van der Waals surface area contributed by atoms with Gasteiger partial charge in [0, 0.05) is 19.7 Å². The monoisotopic (exact) mass is 428 g/mol. The summed E-state index contributed by atoms with van der Waals surface area (Å²) in [6.07, 6.45) is -4.48. The highest BCUT2D eigenvalue weighted by atomic mass is 19.4. The van der Waals surface area contributed by atoms with Crippen molar-refractivity contribution in [2.75, 3.05) is 28.4 Å². The van der Waals surface area contributed by atoms with E-state index in [1.165, 1.54) is 40.5 Å². The molecule has 0 heterocycles. The van der Waals surface area contributed by atoms with Crippen molar-refractivity contribution in [1.82, 2.24) is 4.90 Å². The van der Waals surface area contributed by atoms with Crippen molar-refractivity contribution in [3.63, 3.8) is 0 Å². The highest BCUT2D eigenvalue weighted by Crippen LogP contribution is 2.46. The van der Waals surface area contributed by atoms with Crippen LogP contribution in [-0.4, -0.2) is 44.1 Å². The normalized spacial score (nSPS) is 11.0. The van der Waals surface area contributed by atoms with Crippen LogP contribution in [0.3, 0.4) is 0 Å². The molecule has 0 radical (unpaired) electrons. The Kier molecular flexibility index (Phi) is 6.75. The fourth-order valence-electron chi connectivity index (χ4n) is 2.84. The van der Waals surface area contributed by atoms with E-state index in [-0.39, 0.29) is 29.4 Å². The van der Waals surface area contributed by atoms with Crippen molar-refractivity contribution in [2.45, 2.75) is 12.7 Å². The Morgan fingerprint density at radius 3 is 2.07 bits per heavy atom. The molecule has 0 aliphatic heterocycles. The molecule has 162 valence electrons. The number of carbonyl (C=O) groups is 1. The van der Waals surface area contributed by atoms with Crippen LogP contribution in [0.5, 0.6) is 17.2 Å². The van der Waals surface area contributed by atoms with Crippen LogP contribution in [0.1, 0.15) is 21.5 Å². The molecule has 0 saturated heterocycles. The maximum absolute atomic E-state index is 12.9. The van der Waals surface area contributed by atoms with E-state index in [2.05, 4.69) is 0 Å². The molecule has 30 heavy (non-hydrogen) atoms. The van der Waals surface area contributed by atoms with Gasteiger partial charge in [0.1, 0.15) is 5.56 Å². The molecule has 2 aromatic carbocycles. The summed E-state index contributed by atoms with van der Waals surface area (Å²) in [5.74, 6) is -1.03. The fraction of sp³-hybridized carbons (Fsp3) is 0.316. The molecule has 2 rings (SSSR count). The third kappa shape index (κ3) is 4.56. The molecule has 8 nitrogen and oxygen atoms in total. The molecule has 0 saturated carbocycles. The first-order chi connectivity index (χ1) is 14.0. The number of ether oxygens (including phenoxy) is 3. The van der Waals surface area contributed by atoms with Gasteiger partial charge in [-0.2, -0.15) is 13.2 Å². The summed E-state index contributed by atoms with van der Waals surface area (Å²) in [4.78, 5) is 24.9. The third-order valence-electron chi connectivity index (χ3n) is 4.26. The average molecular weight is 428 g/mol. The van der Waals surface area contributed by atoms with Crippen LogP contribution < -0.4 is 14.2 Å². The molecule has 0 bridgehead atoms. The van der Waals surface area contributed by atoms with Gasteiger partial charge in [-0.3, -0.25) is 14.9 Å². The molecular weight excluding hydrogens is 409 g/mol. The minimum absolute atomic E-state index is 0.0474. The van der Waals surface area contributed by atoms with Gasteiger partial charge in [-0.25, -0.2) is 0 Å². The van der Waals surface area contributed by atoms with Crippen molar-refractivity contribution in [2.24, 2.45) is 0 Å². The Bertz CT molecular complexity index is 945. The first kappa shape index (κ1) is 22.8. The summed E-state index contributed by atoms with van der Waals surface area (Å²) in [5.41, 5.74) is -1.34. The molecular formula is C19H19F3N2O6. The minimum atomic E-state index is -4.48. The molecule has 0 fully saturated rings. The number of carbonyl (C=O) groups excluding carboxylic acids is 1. The third-order valence-corrected chi connectivity index (χ3v) is 4.26. The lowest BCUT2D eigenvalue weighted by atomic mass is 10.1. The SMILES string of the molecule is COc1cc(C(=O)N(C)Cc2ccc(C(F)(F)F)cc2)c([N+](=O)[O-])c(OC)c1OC. The van der Waals surface area contributed by atoms with Crippen molar-refractivity contribution >= 4 is 11.6 Å². The number of hydrogen-bond acceptors (Lipinski definition) is 6. The number of alkyl halides is 3. The van der Waals surface area contributed by atoms with E-state index in [0.29, 0.717) is 5.56 Å². The predicted octanol–water partition coefficient (Wildman–Crippen LogP) is 3.91. The Morgan fingerprint density at radius 2 is 1.63 bits per heavy atom. The van der Waals surface area contributed by atoms with E-state index in [0.717, 1.165) is 23.1 Å². The molecule has 2 aromatic rings. The van der Waals surface area contributed by atoms with Crippen molar-refractivity contribution in [3.05, 3.63) is 57.1 Å². The molecule has 11 heteroatoms. The maximum atomic E-state index is 12.9. The number of halogens is 3. The zero-order chi connectivity index (χ0) is 22.6. The second-order valence-electron chi connectivity index (χ2n) is 6.15. The Labute approximate surface area is 169 Å². The number of methoxy groups -OCH3 is 3. The lowest BCUT2D eigenvalue weighted by molar-refractivity contribution is -0.386. The van der Waals surface area contributed by atoms with Crippen LogP contribution in [0.2, 0.25) is 0 Å². The van der Waals surface area contributed by atoms with E-state index in [4.69, 9.17) is 14.2 Å². The summed E-state index contributed by atoms with van der Waals surface area (Å²) in [7, 11) is 5.11. The lowest BCUT2D eigenvalue weighted by Gasteiger charge is -2.20. The van der Waals surface area contributed by atoms with Gasteiger partial charge in [-0.15, -0.1) is 0 Å². The lowest BCUT2D eigenvalue weighted by Crippen LogP contribution is -2.27. The summed E-state index contributed by atoms with van der Waals surface area (Å²) >= 11 is 0. The second-order valence-corrected chi connectivity index (χ2v) is 6.15. The number of nitro groups is 1. The quantitative estimate of drug-likeness (QED) is 0.491. The topological polar surface area (TPSA) is 91.1 Å². The van der Waals surface area contributed by atoms with Gasteiger partial charge in [0.2, 0.25) is 11.5 Å². The molecule has 0 aliphatic carbocycles. The van der Waals surface area contributed by atoms with Gasteiger partial charge in [-0.05, 0) is 17.7 Å². The highest BCUT2D eigenvalue weighted by Gasteiger charge is 2.34. The maximum Gasteiger partial charge on any atom is 0.416 e. The van der Waals surface area contributed by atoms with Crippen molar-refractivity contribution in [3.8, 4) is 17.2 Å². The van der Waals surface area contributed by atoms with Crippen molar-refractivity contribution in [1.29, 1.82) is 0 Å². The Balaban J connectivity index is 2.42. The van der Waals surface area contributed by atoms with E-state index in [1.807, 2.05) is 0 Å². The zero-order valence-electron chi connectivity index (χ0n) is 16.6. The van der Waals surface area contributed by atoms with Crippen molar-refractivity contribution < 1.29 is 37.1 Å². The Morgan fingerprint density at radius 1 is 1.07 bits per heavy atom. The number of nitrogens with zero attached hydrogens (tertiary/aromatic N) is 2. The first-order valence-corrected chi connectivity index (χ1v) is 8.44. The van der Waals surface area contributed by atoms with Gasteiger partial charge < -0.3 is 19.1 Å². The van der Waals surface area contributed by atoms with E-state index in [9.17, 15) is 28.1 Å². The van der Waals surface area contributed by atoms with Crippen LogP contribution in [0.4, 0.5) is 18.9 Å². The van der Waals surface area contributed by atoms with Crippen LogP contribution in [0, 0.1) is 10.1 Å². The molecule has 0 atom stereocenters. The van der Waals surface area contributed by atoms with Gasteiger partial charge in [-0.1, -0.05) is 12.1 Å². The second kappa shape index (κ2) is 8.89. The van der Waals surface area contributed by atoms with Crippen LogP contribution >= 0.6 is 0 Å². The molecule has 0 unspecified atom stereocenters. The Hall–Kier alpha value is -3.50. The zero-order valence-corrected chi connectivity index (χ0v) is 16.6. The standard InChI is InChI=1S/C19H19F3N2O6/c1-23(10-11-5-7-12(8-6-11)19(20,21)22)18(25)13-9-14(28-2)16(29-3)17(30-4)15(13)24(26)27/h5-9H,10H2,1-4H3. The van der Waals surface area contributed by atoms with Gasteiger partial charge in [0.05, 0.1) is 31.8 Å². The number of benzene rings is 2. The predicted molar refractivity (Wildman–Crippen MR) is 100.0 cm³/mol. The number of amides is 1. The van der Waals surface area contributed by atoms with E-state index >= 15 is 0 Å². The highest BCUT2D eigenvalue weighted by molar-refractivity contribution is 6.00. The molecule has 0 N–H and O–H groups in total. The summed E-state index contributed by atoms with van der Waals surface area (Å²) in [5, 5.41) is 11.6. The smallest absolute Gasteiger partial charge is 0.416 e. The van der Waals surface area contributed by atoms with E-state index < -0.39 is 28.3 Å². The van der Waals surface area contributed by atoms with Gasteiger partial charge in [0.25, 0.3) is 5.91 Å².